The van der Waals surface area contributed by atoms with Crippen LogP contribution in [0.4, 0.5) is 13.2 Å². The molecule has 35 heavy (non-hydrogen) atoms. The summed E-state index contributed by atoms with van der Waals surface area (Å²) in [5, 5.41) is 9.75. The van der Waals surface area contributed by atoms with Gasteiger partial charge in [0, 0.05) is 23.5 Å². The predicted octanol–water partition coefficient (Wildman–Crippen LogP) is 6.87. The summed E-state index contributed by atoms with van der Waals surface area (Å²) in [6.45, 7) is 4.35. The van der Waals surface area contributed by atoms with Crippen molar-refractivity contribution in [1.82, 2.24) is 4.90 Å². The van der Waals surface area contributed by atoms with Gasteiger partial charge in [0.1, 0.15) is 0 Å². The summed E-state index contributed by atoms with van der Waals surface area (Å²) in [6.07, 6.45) is -1.57. The largest absolute Gasteiger partial charge is 0.481 e. The van der Waals surface area contributed by atoms with Gasteiger partial charge in [-0.15, -0.1) is 0 Å². The van der Waals surface area contributed by atoms with Crippen molar-refractivity contribution in [3.63, 3.8) is 0 Å². The van der Waals surface area contributed by atoms with E-state index in [1.807, 2.05) is 19.9 Å². The smallest absolute Gasteiger partial charge is 0.416 e. The number of alkyl halides is 3. The lowest BCUT2D eigenvalue weighted by Gasteiger charge is -2.31. The minimum Gasteiger partial charge on any atom is -0.481 e. The van der Waals surface area contributed by atoms with Crippen molar-refractivity contribution in [3.05, 3.63) is 73.8 Å². The maximum absolute atomic E-state index is 13.3. The Morgan fingerprint density at radius 3 is 2.37 bits per heavy atom. The number of allylic oxidation sites excluding steroid dienone is 1. The number of fused-ring (bicyclic) bond motifs is 1. The molecule has 0 aromatic heterocycles. The first kappa shape index (κ1) is 25.6. The molecular weight excluding hydrogens is 502 g/mol. The SMILES string of the molecule is CC1(C)C(Cc2c(Cl)ccc(C(=O)N3CCC(C(=O)O)CC3)c2Cl)=Cc2ccc(C(F)(F)F)cc21. The zero-order chi connectivity index (χ0) is 25.7. The Bertz CT molecular complexity index is 1230. The Kier molecular flexibility index (Phi) is 6.70. The van der Waals surface area contributed by atoms with Gasteiger partial charge in [-0.05, 0) is 60.2 Å². The number of piperidine rings is 1. The maximum Gasteiger partial charge on any atom is 0.416 e. The molecule has 2 aromatic rings. The average Bonchev–Trinajstić information content (AvgIpc) is 3.04. The number of carbonyl (C=O) groups is 2. The van der Waals surface area contributed by atoms with Gasteiger partial charge in [-0.3, -0.25) is 9.59 Å². The molecule has 0 unspecified atom stereocenters. The second-order valence-corrected chi connectivity index (χ2v) is 10.3. The summed E-state index contributed by atoms with van der Waals surface area (Å²) < 4.78 is 39.8. The zero-order valence-electron chi connectivity index (χ0n) is 19.2. The molecule has 2 aromatic carbocycles. The molecule has 4 nitrogen and oxygen atoms in total. The van der Waals surface area contributed by atoms with E-state index >= 15 is 0 Å². The molecule has 1 aliphatic heterocycles. The molecule has 1 amide bonds. The normalized spacial score (nSPS) is 17.8. The highest BCUT2D eigenvalue weighted by Crippen LogP contribution is 2.46. The monoisotopic (exact) mass is 525 g/mol. The summed E-state index contributed by atoms with van der Waals surface area (Å²) >= 11 is 13.1. The topological polar surface area (TPSA) is 57.6 Å². The van der Waals surface area contributed by atoms with Gasteiger partial charge in [0.05, 0.1) is 22.1 Å². The first-order valence-corrected chi connectivity index (χ1v) is 12.0. The number of benzene rings is 2. The Balaban J connectivity index is 1.60. The molecule has 1 N–H and O–H groups in total. The molecule has 1 saturated heterocycles. The number of hydrogen-bond donors (Lipinski definition) is 1. The first-order valence-electron chi connectivity index (χ1n) is 11.2. The van der Waals surface area contributed by atoms with Crippen LogP contribution < -0.4 is 0 Å². The van der Waals surface area contributed by atoms with Gasteiger partial charge in [-0.1, -0.05) is 54.8 Å². The van der Waals surface area contributed by atoms with Crippen LogP contribution in [0.5, 0.6) is 0 Å². The van der Waals surface area contributed by atoms with Crippen LogP contribution in [0.2, 0.25) is 10.0 Å². The number of likely N-dealkylation sites (tertiary alicyclic amines) is 1. The average molecular weight is 526 g/mol. The number of aliphatic carboxylic acids is 1. The first-order chi connectivity index (χ1) is 16.3. The van der Waals surface area contributed by atoms with Crippen molar-refractivity contribution < 1.29 is 27.9 Å². The molecule has 9 heteroatoms. The second kappa shape index (κ2) is 9.17. The summed E-state index contributed by atoms with van der Waals surface area (Å²) in [7, 11) is 0. The number of nitrogens with zero attached hydrogens (tertiary/aromatic N) is 1. The third-order valence-corrected chi connectivity index (χ3v) is 7.89. The van der Waals surface area contributed by atoms with Crippen molar-refractivity contribution in [2.24, 2.45) is 5.92 Å². The zero-order valence-corrected chi connectivity index (χ0v) is 20.7. The number of carbonyl (C=O) groups excluding carboxylic acids is 1. The number of hydrogen-bond acceptors (Lipinski definition) is 2. The fraction of sp³-hybridized carbons (Fsp3) is 0.385. The van der Waals surface area contributed by atoms with E-state index in [2.05, 4.69) is 0 Å². The van der Waals surface area contributed by atoms with Gasteiger partial charge in [0.25, 0.3) is 5.91 Å². The van der Waals surface area contributed by atoms with E-state index in [0.717, 1.165) is 11.6 Å². The molecule has 2 aliphatic rings. The van der Waals surface area contributed by atoms with E-state index in [-0.39, 0.29) is 22.9 Å². The third-order valence-electron chi connectivity index (χ3n) is 7.10. The Labute approximate surface area is 211 Å². The fourth-order valence-corrected chi connectivity index (χ4v) is 5.41. The molecule has 1 fully saturated rings. The molecule has 0 atom stereocenters. The van der Waals surface area contributed by atoms with Crippen LogP contribution in [0.1, 0.15) is 59.3 Å². The molecule has 1 aliphatic carbocycles. The van der Waals surface area contributed by atoms with Crippen LogP contribution in [0.3, 0.4) is 0 Å². The van der Waals surface area contributed by atoms with Gasteiger partial charge in [0.15, 0.2) is 0 Å². The number of rotatable bonds is 4. The lowest BCUT2D eigenvalue weighted by atomic mass is 9.78. The van der Waals surface area contributed by atoms with Gasteiger partial charge in [-0.25, -0.2) is 0 Å². The van der Waals surface area contributed by atoms with Crippen molar-refractivity contribution in [3.8, 4) is 0 Å². The van der Waals surface area contributed by atoms with Crippen LogP contribution >= 0.6 is 23.2 Å². The molecule has 186 valence electrons. The van der Waals surface area contributed by atoms with Crippen LogP contribution in [0.25, 0.3) is 6.08 Å². The Hall–Kier alpha value is -2.51. The third kappa shape index (κ3) is 4.81. The van der Waals surface area contributed by atoms with E-state index in [4.69, 9.17) is 23.2 Å². The summed E-state index contributed by atoms with van der Waals surface area (Å²) in [4.78, 5) is 26.0. The Morgan fingerprint density at radius 2 is 1.77 bits per heavy atom. The van der Waals surface area contributed by atoms with Crippen molar-refractivity contribution in [2.45, 2.75) is 44.7 Å². The molecule has 0 spiro atoms. The standard InChI is InChI=1S/C26H24Cl2F3NO3/c1-25(2)17(11-15-3-4-16(13-20(15)25)26(29,30)31)12-19-21(27)6-5-18(22(19)28)23(33)32-9-7-14(8-10-32)24(34)35/h3-6,11,13-14H,7-10,12H2,1-2H3,(H,34,35). The lowest BCUT2D eigenvalue weighted by Crippen LogP contribution is -2.40. The molecular formula is C26H24Cl2F3NO3. The van der Waals surface area contributed by atoms with Gasteiger partial charge < -0.3 is 10.0 Å². The quantitative estimate of drug-likeness (QED) is 0.473. The summed E-state index contributed by atoms with van der Waals surface area (Å²) in [5.41, 5.74) is 1.52. The van der Waals surface area contributed by atoms with Crippen LogP contribution in [-0.2, 0) is 22.8 Å². The van der Waals surface area contributed by atoms with E-state index in [9.17, 15) is 27.9 Å². The highest BCUT2D eigenvalue weighted by Gasteiger charge is 2.38. The second-order valence-electron chi connectivity index (χ2n) is 9.56. The highest BCUT2D eigenvalue weighted by atomic mass is 35.5. The number of halogens is 5. The van der Waals surface area contributed by atoms with Crippen LogP contribution in [0.15, 0.2) is 35.9 Å². The molecule has 0 saturated carbocycles. The Morgan fingerprint density at radius 1 is 1.11 bits per heavy atom. The molecule has 0 radical (unpaired) electrons. The fourth-order valence-electron chi connectivity index (χ4n) is 4.83. The van der Waals surface area contributed by atoms with Crippen LogP contribution in [-0.4, -0.2) is 35.0 Å². The maximum atomic E-state index is 13.3. The van der Waals surface area contributed by atoms with Crippen molar-refractivity contribution >= 4 is 41.2 Å². The molecule has 4 rings (SSSR count). The minimum atomic E-state index is -4.44. The van der Waals surface area contributed by atoms with E-state index in [1.54, 1.807) is 17.0 Å². The number of carboxylic acid groups (broad SMARTS) is 1. The van der Waals surface area contributed by atoms with E-state index in [1.165, 1.54) is 12.1 Å². The number of amides is 1. The lowest BCUT2D eigenvalue weighted by molar-refractivity contribution is -0.143. The number of carboxylic acids is 1. The molecule has 1 heterocycles. The van der Waals surface area contributed by atoms with E-state index in [0.29, 0.717) is 47.6 Å². The van der Waals surface area contributed by atoms with Crippen LogP contribution in [0, 0.1) is 5.92 Å². The molecule has 0 bridgehead atoms. The van der Waals surface area contributed by atoms with Gasteiger partial charge in [0.2, 0.25) is 0 Å². The highest BCUT2D eigenvalue weighted by molar-refractivity contribution is 6.38. The summed E-state index contributed by atoms with van der Waals surface area (Å²) in [5.74, 6) is -1.62. The van der Waals surface area contributed by atoms with Crippen molar-refractivity contribution in [1.29, 1.82) is 0 Å². The van der Waals surface area contributed by atoms with Gasteiger partial charge >= 0.3 is 12.1 Å². The predicted molar refractivity (Wildman–Crippen MR) is 129 cm³/mol. The minimum absolute atomic E-state index is 0.200. The van der Waals surface area contributed by atoms with Gasteiger partial charge in [-0.2, -0.15) is 13.2 Å². The van der Waals surface area contributed by atoms with Crippen molar-refractivity contribution in [2.75, 3.05) is 13.1 Å². The summed E-state index contributed by atoms with van der Waals surface area (Å²) in [6, 6.07) is 6.87. The van der Waals surface area contributed by atoms with E-state index < -0.39 is 29.0 Å².